The number of hydrogen-bond donors (Lipinski definition) is 4. The molecule has 4 aromatic rings. The molecule has 10 nitrogen and oxygen atoms in total. The van der Waals surface area contributed by atoms with E-state index >= 15 is 0 Å². The van der Waals surface area contributed by atoms with E-state index in [9.17, 15) is 37.4 Å². The summed E-state index contributed by atoms with van der Waals surface area (Å²) < 4.78 is 59.9. The fourth-order valence-electron chi connectivity index (χ4n) is 7.71. The lowest BCUT2D eigenvalue weighted by Gasteiger charge is -2.46. The number of phosphoric ester groups is 1. The quantitative estimate of drug-likeness (QED) is 0.103. The second kappa shape index (κ2) is 15.5. The number of urea groups is 1. The molecular formula is C40H46F3N4O6P. The molecule has 6 rings (SSSR count). The second-order valence-corrected chi connectivity index (χ2v) is 16.6. The minimum atomic E-state index is -5.21. The van der Waals surface area contributed by atoms with Crippen molar-refractivity contribution in [3.8, 4) is 5.75 Å². The number of carbonyl (C=O) groups is 1. The largest absolute Gasteiger partial charge is 0.746 e. The first-order valence-corrected chi connectivity index (χ1v) is 19.4. The van der Waals surface area contributed by atoms with E-state index in [1.165, 1.54) is 42.5 Å². The van der Waals surface area contributed by atoms with E-state index in [-0.39, 0.29) is 43.0 Å². The maximum Gasteiger partial charge on any atom is 0.318 e. The Hall–Kier alpha value is -4.23. The Balaban J connectivity index is 1.31. The molecule has 2 saturated heterocycles. The molecule has 0 aliphatic carbocycles. The van der Waals surface area contributed by atoms with Gasteiger partial charge in [-0.1, -0.05) is 42.5 Å². The lowest BCUT2D eigenvalue weighted by atomic mass is 9.83. The van der Waals surface area contributed by atoms with Gasteiger partial charge in [0.1, 0.15) is 41.8 Å². The number of amides is 2. The Morgan fingerprint density at radius 2 is 1.56 bits per heavy atom. The van der Waals surface area contributed by atoms with Gasteiger partial charge in [0.25, 0.3) is 0 Å². The molecule has 54 heavy (non-hydrogen) atoms. The van der Waals surface area contributed by atoms with Gasteiger partial charge in [-0.15, -0.1) is 0 Å². The van der Waals surface area contributed by atoms with Gasteiger partial charge in [0.05, 0.1) is 25.7 Å². The molecule has 2 atom stereocenters. The highest BCUT2D eigenvalue weighted by Gasteiger charge is 2.49. The van der Waals surface area contributed by atoms with E-state index in [4.69, 9.17) is 4.52 Å². The van der Waals surface area contributed by atoms with Crippen LogP contribution >= 0.6 is 7.82 Å². The average Bonchev–Trinajstić information content (AvgIpc) is 3.45. The van der Waals surface area contributed by atoms with Crippen LogP contribution in [-0.2, 0) is 23.2 Å². The smallest absolute Gasteiger partial charge is 0.318 e. The van der Waals surface area contributed by atoms with Gasteiger partial charge >= 0.3 is 13.9 Å². The molecule has 2 aliphatic rings. The standard InChI is InChI=1S/C40H46F3N4O6P/c1-39(2,3)44-23-36(48)28-7-16-37(53-54(50,51)52)29(22-28)25-47(24-27-5-4-6-34(43)21-27)19-17-35(18-20-47)46-26-40(45-38(46)49,30-8-12-32(41)13-9-30)31-10-14-33(42)15-11-31/h4-16,21-22,35-36,44,48H,17-20,23-26H2,1-3H3,(H2-,45,49,50,51,52). The molecule has 0 saturated carbocycles. The van der Waals surface area contributed by atoms with Crippen molar-refractivity contribution in [2.45, 2.75) is 69.9 Å². The first kappa shape index (κ1) is 39.5. The molecule has 4 N–H and O–H groups in total. The number of piperidine rings is 1. The normalized spacial score (nSPS) is 21.7. The van der Waals surface area contributed by atoms with Gasteiger partial charge in [-0.3, -0.25) is 4.57 Å². The SMILES string of the molecule is CC(C)(C)NCC(O)c1ccc(OP(=O)([O-])O)c(C[N+]2(Cc3cccc(F)c3)CCC(N3CC(c4ccc(F)cc4)(c4ccc(F)cc4)NC3=O)CC2)c1. The van der Waals surface area contributed by atoms with Gasteiger partial charge in [0.15, 0.2) is 0 Å². The summed E-state index contributed by atoms with van der Waals surface area (Å²) in [6.45, 7) is 7.86. The Kier molecular flexibility index (Phi) is 11.3. The predicted octanol–water partition coefficient (Wildman–Crippen LogP) is 6.01. The van der Waals surface area contributed by atoms with Crippen LogP contribution in [0.1, 0.15) is 67.5 Å². The minimum Gasteiger partial charge on any atom is -0.746 e. The zero-order valence-corrected chi connectivity index (χ0v) is 31.4. The summed E-state index contributed by atoms with van der Waals surface area (Å²) in [6.07, 6.45) is 0.0862. The van der Waals surface area contributed by atoms with E-state index < -0.39 is 36.9 Å². The van der Waals surface area contributed by atoms with E-state index in [1.807, 2.05) is 26.8 Å². The number of rotatable bonds is 12. The zero-order chi connectivity index (χ0) is 38.9. The maximum absolute atomic E-state index is 14.5. The van der Waals surface area contributed by atoms with Gasteiger partial charge in [0, 0.05) is 42.1 Å². The summed E-state index contributed by atoms with van der Waals surface area (Å²) in [5, 5.41) is 17.5. The third-order valence-corrected chi connectivity index (χ3v) is 10.8. The van der Waals surface area contributed by atoms with Crippen molar-refractivity contribution in [3.05, 3.63) is 136 Å². The van der Waals surface area contributed by atoms with Crippen molar-refractivity contribution in [1.82, 2.24) is 15.5 Å². The van der Waals surface area contributed by atoms with Gasteiger partial charge in [-0.2, -0.15) is 0 Å². The third kappa shape index (κ3) is 9.34. The summed E-state index contributed by atoms with van der Waals surface area (Å²) in [5.74, 6) is -1.35. The van der Waals surface area contributed by atoms with Crippen molar-refractivity contribution in [2.24, 2.45) is 0 Å². The summed E-state index contributed by atoms with van der Waals surface area (Å²) >= 11 is 0. The molecule has 2 fully saturated rings. The van der Waals surface area contributed by atoms with Crippen molar-refractivity contribution in [3.63, 3.8) is 0 Å². The molecule has 288 valence electrons. The van der Waals surface area contributed by atoms with Gasteiger partial charge in [-0.05, 0) is 86.0 Å². The number of hydrogen-bond acceptors (Lipinski definition) is 6. The van der Waals surface area contributed by atoms with Crippen molar-refractivity contribution in [2.75, 3.05) is 26.2 Å². The summed E-state index contributed by atoms with van der Waals surface area (Å²) in [5.41, 5.74) is 1.59. The number of β-amino-alcohol motifs (C(OH)–C–C–N with tert-alkyl or cyclic N) is 1. The highest BCUT2D eigenvalue weighted by molar-refractivity contribution is 7.45. The monoisotopic (exact) mass is 766 g/mol. The number of likely N-dealkylation sites (tertiary alicyclic amines) is 1. The fourth-order valence-corrected chi connectivity index (χ4v) is 8.14. The number of aliphatic hydroxyl groups excluding tert-OH is 1. The molecular weight excluding hydrogens is 720 g/mol. The average molecular weight is 767 g/mol. The van der Waals surface area contributed by atoms with Crippen molar-refractivity contribution < 1.29 is 46.4 Å². The number of quaternary nitrogens is 1. The number of nitrogens with zero attached hydrogens (tertiary/aromatic N) is 2. The molecule has 0 spiro atoms. The molecule has 2 heterocycles. The first-order valence-electron chi connectivity index (χ1n) is 17.9. The number of carbonyl (C=O) groups excluding carboxylic acids is 1. The van der Waals surface area contributed by atoms with E-state index in [2.05, 4.69) is 10.6 Å². The van der Waals surface area contributed by atoms with Crippen molar-refractivity contribution >= 4 is 13.9 Å². The van der Waals surface area contributed by atoms with Crippen LogP contribution in [0.25, 0.3) is 0 Å². The molecule has 0 bridgehead atoms. The number of halogens is 3. The zero-order valence-electron chi connectivity index (χ0n) is 30.5. The molecule has 2 amide bonds. The van der Waals surface area contributed by atoms with E-state index in [1.54, 1.807) is 47.4 Å². The van der Waals surface area contributed by atoms with Gasteiger partial charge in [0.2, 0.25) is 0 Å². The topological polar surface area (TPSA) is 134 Å². The Labute approximate surface area is 313 Å². The van der Waals surface area contributed by atoms with Crippen LogP contribution in [0.5, 0.6) is 5.75 Å². The fraction of sp³-hybridized carbons (Fsp3) is 0.375. The molecule has 4 aromatic carbocycles. The minimum absolute atomic E-state index is 0.0864. The van der Waals surface area contributed by atoms with Crippen LogP contribution in [0.2, 0.25) is 0 Å². The number of nitrogens with one attached hydrogen (secondary N) is 2. The van der Waals surface area contributed by atoms with Crippen LogP contribution in [0.4, 0.5) is 18.0 Å². The molecule has 0 radical (unpaired) electrons. The number of aliphatic hydroxyl groups is 1. The van der Waals surface area contributed by atoms with Crippen LogP contribution in [0.3, 0.4) is 0 Å². The second-order valence-electron chi connectivity index (χ2n) is 15.5. The van der Waals surface area contributed by atoms with Gasteiger partial charge < -0.3 is 39.4 Å². The van der Waals surface area contributed by atoms with Crippen LogP contribution in [0, 0.1) is 17.5 Å². The Bertz CT molecular complexity index is 1950. The van der Waals surface area contributed by atoms with Gasteiger partial charge in [-0.25, -0.2) is 18.0 Å². The van der Waals surface area contributed by atoms with Crippen molar-refractivity contribution in [1.29, 1.82) is 0 Å². The lowest BCUT2D eigenvalue weighted by Crippen LogP contribution is -2.56. The third-order valence-electron chi connectivity index (χ3n) is 10.4. The maximum atomic E-state index is 14.5. The summed E-state index contributed by atoms with van der Waals surface area (Å²) in [4.78, 5) is 37.3. The van der Waals surface area contributed by atoms with Crippen LogP contribution < -0.4 is 20.1 Å². The Morgan fingerprint density at radius 1 is 0.944 bits per heavy atom. The predicted molar refractivity (Wildman–Crippen MR) is 195 cm³/mol. The van der Waals surface area contributed by atoms with E-state index in [0.717, 1.165) is 0 Å². The molecule has 2 unspecified atom stereocenters. The van der Waals surface area contributed by atoms with E-state index in [0.29, 0.717) is 64.8 Å². The highest BCUT2D eigenvalue weighted by atomic mass is 31.2. The number of phosphoric acid groups is 1. The van der Waals surface area contributed by atoms with Crippen LogP contribution in [0.15, 0.2) is 91.0 Å². The summed E-state index contributed by atoms with van der Waals surface area (Å²) in [7, 11) is -5.21. The summed E-state index contributed by atoms with van der Waals surface area (Å²) in [6, 6.07) is 22.1. The lowest BCUT2D eigenvalue weighted by molar-refractivity contribution is -0.958. The molecule has 2 aliphatic heterocycles. The Morgan fingerprint density at radius 3 is 2.11 bits per heavy atom. The number of benzene rings is 4. The first-order chi connectivity index (χ1) is 25.4. The highest BCUT2D eigenvalue weighted by Crippen LogP contribution is 2.41. The molecule has 14 heteroatoms. The van der Waals surface area contributed by atoms with Crippen LogP contribution in [-0.4, -0.2) is 63.2 Å². The molecule has 0 aromatic heterocycles.